The lowest BCUT2D eigenvalue weighted by molar-refractivity contribution is 0.0824. The Morgan fingerprint density at radius 2 is 1.09 bits per heavy atom. The lowest BCUT2D eigenvalue weighted by atomic mass is 9.85. The minimum absolute atomic E-state index is 0.122. The monoisotopic (exact) mass is 424 g/mol. The van der Waals surface area contributed by atoms with Crippen molar-refractivity contribution in [3.05, 3.63) is 120 Å². The number of ether oxygens (including phenoxy) is 3. The first kappa shape index (κ1) is 21.7. The molecule has 162 valence electrons. The Labute approximate surface area is 190 Å². The van der Waals surface area contributed by atoms with Gasteiger partial charge in [-0.15, -0.1) is 0 Å². The zero-order valence-corrected chi connectivity index (χ0v) is 18.5. The highest BCUT2D eigenvalue weighted by atomic mass is 16.5. The lowest BCUT2D eigenvalue weighted by Crippen LogP contribution is -2.24. The molecule has 0 bridgehead atoms. The van der Waals surface area contributed by atoms with Crippen LogP contribution in [0.4, 0.5) is 0 Å². The van der Waals surface area contributed by atoms with Crippen molar-refractivity contribution in [2.24, 2.45) is 0 Å². The Morgan fingerprint density at radius 3 is 1.72 bits per heavy atom. The molecule has 0 unspecified atom stereocenters. The van der Waals surface area contributed by atoms with E-state index in [1.54, 1.807) is 0 Å². The van der Waals surface area contributed by atoms with Gasteiger partial charge in [-0.1, -0.05) is 74.5 Å². The summed E-state index contributed by atoms with van der Waals surface area (Å²) < 4.78 is 17.9. The summed E-state index contributed by atoms with van der Waals surface area (Å²) in [5, 5.41) is 0. The molecular formula is C29H28O3. The van der Waals surface area contributed by atoms with Gasteiger partial charge in [-0.25, -0.2) is 0 Å². The van der Waals surface area contributed by atoms with Crippen molar-refractivity contribution in [1.29, 1.82) is 0 Å². The number of hydrogen-bond acceptors (Lipinski definition) is 3. The average molecular weight is 425 g/mol. The van der Waals surface area contributed by atoms with E-state index in [0.29, 0.717) is 13.2 Å². The van der Waals surface area contributed by atoms with E-state index in [1.165, 1.54) is 5.56 Å². The van der Waals surface area contributed by atoms with E-state index < -0.39 is 0 Å². The fourth-order valence-corrected chi connectivity index (χ4v) is 3.43. The third-order valence-electron chi connectivity index (χ3n) is 5.22. The predicted octanol–water partition coefficient (Wildman–Crippen LogP) is 7.77. The van der Waals surface area contributed by atoms with Crippen LogP contribution in [-0.2, 0) is 16.8 Å². The van der Waals surface area contributed by atoms with Crippen molar-refractivity contribution in [3.8, 4) is 23.0 Å². The maximum Gasteiger partial charge on any atom is 0.127 e. The second-order valence-corrected chi connectivity index (χ2v) is 8.38. The maximum absolute atomic E-state index is 6.08. The van der Waals surface area contributed by atoms with Gasteiger partial charge in [-0.2, -0.15) is 0 Å². The molecule has 0 aliphatic heterocycles. The van der Waals surface area contributed by atoms with Crippen LogP contribution in [0.1, 0.15) is 25.0 Å². The van der Waals surface area contributed by atoms with Crippen molar-refractivity contribution >= 4 is 0 Å². The van der Waals surface area contributed by atoms with Gasteiger partial charge in [0.1, 0.15) is 23.0 Å². The smallest absolute Gasteiger partial charge is 0.127 e. The molecule has 0 saturated heterocycles. The molecule has 0 N–H and O–H groups in total. The summed E-state index contributed by atoms with van der Waals surface area (Å²) in [5.74, 6) is 3.30. The van der Waals surface area contributed by atoms with Crippen LogP contribution in [0, 0.1) is 0 Å². The standard InChI is InChI=1S/C29H28O3/c1-29(2,24-16-18-27(19-17-24)31-25-11-5-3-6-12-25)22-30-21-23-10-9-15-28(20-23)32-26-13-7-4-8-14-26/h3-20H,21-22H2,1-2H3. The number of para-hydroxylation sites is 2. The SMILES string of the molecule is CC(C)(COCc1cccc(Oc2ccccc2)c1)c1ccc(Oc2ccccc2)cc1. The zero-order valence-electron chi connectivity index (χ0n) is 18.5. The zero-order chi connectivity index (χ0) is 22.2. The average Bonchev–Trinajstić information content (AvgIpc) is 2.81. The third kappa shape index (κ3) is 5.99. The van der Waals surface area contributed by atoms with Gasteiger partial charge in [0, 0.05) is 5.41 Å². The second-order valence-electron chi connectivity index (χ2n) is 8.38. The van der Waals surface area contributed by atoms with E-state index in [-0.39, 0.29) is 5.41 Å². The van der Waals surface area contributed by atoms with Crippen molar-refractivity contribution in [2.75, 3.05) is 6.61 Å². The normalized spacial score (nSPS) is 11.2. The van der Waals surface area contributed by atoms with Gasteiger partial charge in [-0.05, 0) is 59.7 Å². The van der Waals surface area contributed by atoms with E-state index in [2.05, 4.69) is 32.0 Å². The summed E-state index contributed by atoms with van der Waals surface area (Å²) in [6.45, 7) is 5.52. The van der Waals surface area contributed by atoms with Gasteiger partial charge < -0.3 is 14.2 Å². The molecule has 32 heavy (non-hydrogen) atoms. The fraction of sp³-hybridized carbons (Fsp3) is 0.172. The van der Waals surface area contributed by atoms with E-state index in [4.69, 9.17) is 14.2 Å². The summed E-state index contributed by atoms with van der Waals surface area (Å²) in [6.07, 6.45) is 0. The first-order valence-electron chi connectivity index (χ1n) is 10.8. The Morgan fingerprint density at radius 1 is 0.562 bits per heavy atom. The molecule has 4 rings (SSSR count). The van der Waals surface area contributed by atoms with Crippen LogP contribution < -0.4 is 9.47 Å². The Hall–Kier alpha value is -3.56. The predicted molar refractivity (Wildman–Crippen MR) is 129 cm³/mol. The topological polar surface area (TPSA) is 27.7 Å². The van der Waals surface area contributed by atoms with Crippen LogP contribution in [0.5, 0.6) is 23.0 Å². The van der Waals surface area contributed by atoms with E-state index in [0.717, 1.165) is 28.6 Å². The van der Waals surface area contributed by atoms with E-state index in [9.17, 15) is 0 Å². The van der Waals surface area contributed by atoms with Crippen molar-refractivity contribution in [3.63, 3.8) is 0 Å². The lowest BCUT2D eigenvalue weighted by Gasteiger charge is -2.25. The van der Waals surface area contributed by atoms with Gasteiger partial charge in [0.15, 0.2) is 0 Å². The third-order valence-corrected chi connectivity index (χ3v) is 5.22. The van der Waals surface area contributed by atoms with Crippen LogP contribution >= 0.6 is 0 Å². The molecule has 3 nitrogen and oxygen atoms in total. The van der Waals surface area contributed by atoms with E-state index in [1.807, 2.05) is 91.0 Å². The first-order chi connectivity index (χ1) is 15.6. The fourth-order valence-electron chi connectivity index (χ4n) is 3.43. The van der Waals surface area contributed by atoms with Crippen molar-refractivity contribution in [1.82, 2.24) is 0 Å². The van der Waals surface area contributed by atoms with Gasteiger partial charge in [0.25, 0.3) is 0 Å². The number of benzene rings is 4. The Kier molecular flexibility index (Phi) is 6.88. The molecule has 4 aromatic carbocycles. The molecule has 0 spiro atoms. The molecule has 0 amide bonds. The molecule has 0 radical (unpaired) electrons. The first-order valence-corrected chi connectivity index (χ1v) is 10.8. The molecule has 0 aromatic heterocycles. The molecule has 0 heterocycles. The minimum Gasteiger partial charge on any atom is -0.457 e. The maximum atomic E-state index is 6.08. The molecule has 3 heteroatoms. The second kappa shape index (κ2) is 10.2. The molecular weight excluding hydrogens is 396 g/mol. The van der Waals surface area contributed by atoms with Crippen LogP contribution in [0.2, 0.25) is 0 Å². The molecule has 0 aliphatic rings. The van der Waals surface area contributed by atoms with Crippen LogP contribution in [0.3, 0.4) is 0 Å². The minimum atomic E-state index is -0.122. The molecule has 4 aromatic rings. The van der Waals surface area contributed by atoms with Gasteiger partial charge in [0.05, 0.1) is 13.2 Å². The Balaban J connectivity index is 1.32. The summed E-state index contributed by atoms with van der Waals surface area (Å²) in [6, 6.07) is 35.9. The molecule has 0 saturated carbocycles. The van der Waals surface area contributed by atoms with Crippen LogP contribution in [0.25, 0.3) is 0 Å². The van der Waals surface area contributed by atoms with Gasteiger partial charge >= 0.3 is 0 Å². The van der Waals surface area contributed by atoms with Crippen LogP contribution in [-0.4, -0.2) is 6.61 Å². The summed E-state index contributed by atoms with van der Waals surface area (Å²) in [5.41, 5.74) is 2.17. The Bertz CT molecular complexity index is 1100. The van der Waals surface area contributed by atoms with Gasteiger partial charge in [-0.3, -0.25) is 0 Å². The molecule has 0 aliphatic carbocycles. The highest BCUT2D eigenvalue weighted by Crippen LogP contribution is 2.28. The van der Waals surface area contributed by atoms with Crippen molar-refractivity contribution < 1.29 is 14.2 Å². The van der Waals surface area contributed by atoms with Crippen LogP contribution in [0.15, 0.2) is 109 Å². The highest BCUT2D eigenvalue weighted by molar-refractivity contribution is 5.36. The van der Waals surface area contributed by atoms with E-state index >= 15 is 0 Å². The largest absolute Gasteiger partial charge is 0.457 e. The molecule has 0 fully saturated rings. The number of hydrogen-bond donors (Lipinski definition) is 0. The summed E-state index contributed by atoms with van der Waals surface area (Å²) in [4.78, 5) is 0. The van der Waals surface area contributed by atoms with Crippen molar-refractivity contribution in [2.45, 2.75) is 25.9 Å². The quantitative estimate of drug-likeness (QED) is 0.275. The summed E-state index contributed by atoms with van der Waals surface area (Å²) >= 11 is 0. The summed E-state index contributed by atoms with van der Waals surface area (Å²) in [7, 11) is 0. The molecule has 0 atom stereocenters. The highest BCUT2D eigenvalue weighted by Gasteiger charge is 2.21. The number of rotatable bonds is 9. The van der Waals surface area contributed by atoms with Gasteiger partial charge in [0.2, 0.25) is 0 Å².